The van der Waals surface area contributed by atoms with E-state index in [4.69, 9.17) is 0 Å². The van der Waals surface area contributed by atoms with Gasteiger partial charge in [0.15, 0.2) is 0 Å². The number of anilines is 1. The molecule has 5 nitrogen and oxygen atoms in total. The number of hydrogen-bond donors (Lipinski definition) is 1. The van der Waals surface area contributed by atoms with Crippen molar-refractivity contribution in [3.05, 3.63) is 72.3 Å². The normalized spacial score (nSPS) is 15.7. The summed E-state index contributed by atoms with van der Waals surface area (Å²) in [5, 5.41) is 4.89. The van der Waals surface area contributed by atoms with E-state index in [0.717, 1.165) is 36.5 Å². The van der Waals surface area contributed by atoms with Gasteiger partial charge in [-0.15, -0.1) is 0 Å². The molecule has 0 spiro atoms. The monoisotopic (exact) mass is 408 g/mol. The number of fused-ring (bicyclic) bond motifs is 1. The standard InChI is InChI=1S/C23H24N2O3S/c26-23(24-22-14-8-10-18-9-3-4-13-21(18)22)19-11-7-12-20(17-19)29(27,28)25-15-5-1-2-6-16-25/h3-4,7-14,17H,1-2,5-6,15-16H2,(H,24,26). The smallest absolute Gasteiger partial charge is 0.255 e. The summed E-state index contributed by atoms with van der Waals surface area (Å²) in [5.41, 5.74) is 1.03. The van der Waals surface area contributed by atoms with Crippen molar-refractivity contribution < 1.29 is 13.2 Å². The third-order valence-corrected chi connectivity index (χ3v) is 7.23. The zero-order valence-electron chi connectivity index (χ0n) is 16.2. The van der Waals surface area contributed by atoms with Crippen molar-refractivity contribution in [2.24, 2.45) is 0 Å². The van der Waals surface area contributed by atoms with E-state index in [0.29, 0.717) is 24.3 Å². The predicted octanol–water partition coefficient (Wildman–Crippen LogP) is 4.66. The molecular formula is C23H24N2O3S. The first kappa shape index (κ1) is 19.6. The molecule has 6 heteroatoms. The van der Waals surface area contributed by atoms with Crippen LogP contribution < -0.4 is 5.32 Å². The second-order valence-electron chi connectivity index (χ2n) is 7.33. The lowest BCUT2D eigenvalue weighted by molar-refractivity contribution is 0.102. The number of carbonyl (C=O) groups is 1. The Hall–Kier alpha value is -2.70. The summed E-state index contributed by atoms with van der Waals surface area (Å²) in [6.07, 6.45) is 3.86. The van der Waals surface area contributed by atoms with Gasteiger partial charge in [0.2, 0.25) is 10.0 Å². The lowest BCUT2D eigenvalue weighted by atomic mass is 10.1. The van der Waals surface area contributed by atoms with Gasteiger partial charge in [0.05, 0.1) is 4.90 Å². The highest BCUT2D eigenvalue weighted by Gasteiger charge is 2.25. The summed E-state index contributed by atoms with van der Waals surface area (Å²) in [5.74, 6) is -0.325. The van der Waals surface area contributed by atoms with E-state index in [2.05, 4.69) is 5.32 Å². The molecule has 0 aliphatic carbocycles. The zero-order valence-corrected chi connectivity index (χ0v) is 17.0. The van der Waals surface area contributed by atoms with Gasteiger partial charge in [-0.2, -0.15) is 4.31 Å². The van der Waals surface area contributed by atoms with E-state index >= 15 is 0 Å². The van der Waals surface area contributed by atoms with Crippen LogP contribution in [-0.4, -0.2) is 31.7 Å². The molecule has 0 radical (unpaired) electrons. The molecule has 0 aromatic heterocycles. The van der Waals surface area contributed by atoms with Gasteiger partial charge in [0.25, 0.3) is 5.91 Å². The SMILES string of the molecule is O=C(Nc1cccc2ccccc12)c1cccc(S(=O)(=O)N2CCCCCC2)c1. The molecule has 29 heavy (non-hydrogen) atoms. The zero-order chi connectivity index (χ0) is 20.3. The molecule has 1 saturated heterocycles. The van der Waals surface area contributed by atoms with Gasteiger partial charge in [0.1, 0.15) is 0 Å². The Kier molecular flexibility index (Phi) is 5.65. The van der Waals surface area contributed by atoms with Crippen molar-refractivity contribution in [2.75, 3.05) is 18.4 Å². The number of nitrogens with one attached hydrogen (secondary N) is 1. The molecule has 0 atom stereocenters. The second-order valence-corrected chi connectivity index (χ2v) is 9.26. The Morgan fingerprint density at radius 1 is 0.828 bits per heavy atom. The molecule has 0 unspecified atom stereocenters. The summed E-state index contributed by atoms with van der Waals surface area (Å²) in [7, 11) is -3.60. The highest BCUT2D eigenvalue weighted by molar-refractivity contribution is 7.89. The van der Waals surface area contributed by atoms with Gasteiger partial charge in [-0.1, -0.05) is 55.3 Å². The van der Waals surface area contributed by atoms with Crippen LogP contribution in [0.2, 0.25) is 0 Å². The highest BCUT2D eigenvalue weighted by Crippen LogP contribution is 2.25. The Bertz CT molecular complexity index is 1130. The number of carbonyl (C=O) groups excluding carboxylic acids is 1. The largest absolute Gasteiger partial charge is 0.321 e. The summed E-state index contributed by atoms with van der Waals surface area (Å²) in [6.45, 7) is 1.07. The van der Waals surface area contributed by atoms with Crippen molar-refractivity contribution in [3.63, 3.8) is 0 Å². The molecule has 3 aromatic rings. The molecule has 0 saturated carbocycles. The van der Waals surface area contributed by atoms with E-state index in [1.54, 1.807) is 22.5 Å². The maximum Gasteiger partial charge on any atom is 0.255 e. The first-order chi connectivity index (χ1) is 14.1. The second kappa shape index (κ2) is 8.35. The van der Waals surface area contributed by atoms with Gasteiger partial charge >= 0.3 is 0 Å². The minimum Gasteiger partial charge on any atom is -0.321 e. The predicted molar refractivity (Wildman–Crippen MR) is 116 cm³/mol. The molecule has 0 bridgehead atoms. The minimum absolute atomic E-state index is 0.171. The molecule has 1 N–H and O–H groups in total. The third kappa shape index (κ3) is 4.18. The van der Waals surface area contributed by atoms with Gasteiger partial charge in [-0.25, -0.2) is 8.42 Å². The van der Waals surface area contributed by atoms with Gasteiger partial charge < -0.3 is 5.32 Å². The maximum absolute atomic E-state index is 13.0. The maximum atomic E-state index is 13.0. The van der Waals surface area contributed by atoms with E-state index in [-0.39, 0.29) is 10.8 Å². The van der Waals surface area contributed by atoms with E-state index in [9.17, 15) is 13.2 Å². The van der Waals surface area contributed by atoms with Crippen LogP contribution in [0, 0.1) is 0 Å². The minimum atomic E-state index is -3.60. The van der Waals surface area contributed by atoms with Gasteiger partial charge in [0, 0.05) is 29.7 Å². The molecule has 150 valence electrons. The number of rotatable bonds is 4. The van der Waals surface area contributed by atoms with Crippen molar-refractivity contribution in [3.8, 4) is 0 Å². The highest BCUT2D eigenvalue weighted by atomic mass is 32.2. The molecule has 3 aromatic carbocycles. The van der Waals surface area contributed by atoms with Gasteiger partial charge in [-0.3, -0.25) is 4.79 Å². The molecule has 1 aliphatic heterocycles. The van der Waals surface area contributed by atoms with Crippen LogP contribution >= 0.6 is 0 Å². The average Bonchev–Trinajstić information content (AvgIpc) is 3.04. The van der Waals surface area contributed by atoms with Crippen molar-refractivity contribution in [1.82, 2.24) is 4.31 Å². The van der Waals surface area contributed by atoms with Crippen LogP contribution in [-0.2, 0) is 10.0 Å². The number of amides is 1. The molecule has 1 fully saturated rings. The summed E-state index contributed by atoms with van der Waals surface area (Å²) >= 11 is 0. The molecule has 1 heterocycles. The summed E-state index contributed by atoms with van der Waals surface area (Å²) in [4.78, 5) is 13.0. The Labute approximate surface area is 171 Å². The van der Waals surface area contributed by atoms with Crippen LogP contribution in [0.1, 0.15) is 36.0 Å². The lowest BCUT2D eigenvalue weighted by Gasteiger charge is -2.20. The number of benzene rings is 3. The average molecular weight is 409 g/mol. The molecule has 1 amide bonds. The Morgan fingerprint density at radius 2 is 1.52 bits per heavy atom. The number of nitrogens with zero attached hydrogens (tertiary/aromatic N) is 1. The molecule has 1 aliphatic rings. The van der Waals surface area contributed by atoms with E-state index < -0.39 is 10.0 Å². The fourth-order valence-electron chi connectivity index (χ4n) is 3.76. The molecular weight excluding hydrogens is 384 g/mol. The van der Waals surface area contributed by atoms with Crippen LogP contribution in [0.4, 0.5) is 5.69 Å². The first-order valence-corrected chi connectivity index (χ1v) is 11.4. The topological polar surface area (TPSA) is 66.5 Å². The third-order valence-electron chi connectivity index (χ3n) is 5.34. The van der Waals surface area contributed by atoms with Crippen LogP contribution in [0.5, 0.6) is 0 Å². The lowest BCUT2D eigenvalue weighted by Crippen LogP contribution is -2.32. The van der Waals surface area contributed by atoms with Gasteiger partial charge in [-0.05, 0) is 42.5 Å². The Balaban J connectivity index is 1.60. The van der Waals surface area contributed by atoms with Crippen LogP contribution in [0.25, 0.3) is 10.8 Å². The van der Waals surface area contributed by atoms with Crippen molar-refractivity contribution >= 4 is 32.4 Å². The Morgan fingerprint density at radius 3 is 2.31 bits per heavy atom. The fraction of sp³-hybridized carbons (Fsp3) is 0.261. The number of sulfonamides is 1. The van der Waals surface area contributed by atoms with E-state index in [1.807, 2.05) is 42.5 Å². The summed E-state index contributed by atoms with van der Waals surface area (Å²) in [6, 6.07) is 19.8. The summed E-state index contributed by atoms with van der Waals surface area (Å²) < 4.78 is 27.6. The molecule has 4 rings (SSSR count). The fourth-order valence-corrected chi connectivity index (χ4v) is 5.32. The van der Waals surface area contributed by atoms with Crippen molar-refractivity contribution in [2.45, 2.75) is 30.6 Å². The quantitative estimate of drug-likeness (QED) is 0.683. The van der Waals surface area contributed by atoms with Crippen molar-refractivity contribution in [1.29, 1.82) is 0 Å². The van der Waals surface area contributed by atoms with Crippen LogP contribution in [0.3, 0.4) is 0 Å². The number of hydrogen-bond acceptors (Lipinski definition) is 3. The first-order valence-electron chi connectivity index (χ1n) is 9.95. The van der Waals surface area contributed by atoms with E-state index in [1.165, 1.54) is 6.07 Å². The van der Waals surface area contributed by atoms with Crippen LogP contribution in [0.15, 0.2) is 71.6 Å².